The molecule has 0 saturated carbocycles. The molecule has 0 saturated heterocycles. The lowest BCUT2D eigenvalue weighted by Gasteiger charge is -2.05. The van der Waals surface area contributed by atoms with Crippen LogP contribution in [0.15, 0.2) is 24.3 Å². The Morgan fingerprint density at radius 1 is 1.33 bits per heavy atom. The van der Waals surface area contributed by atoms with Crippen LogP contribution >= 0.6 is 0 Å². The van der Waals surface area contributed by atoms with Gasteiger partial charge in [0.1, 0.15) is 5.75 Å². The van der Waals surface area contributed by atoms with Gasteiger partial charge in [-0.15, -0.1) is 0 Å². The summed E-state index contributed by atoms with van der Waals surface area (Å²) in [6.45, 7) is 3.57. The van der Waals surface area contributed by atoms with Crippen LogP contribution in [-0.4, -0.2) is 24.1 Å². The first kappa shape index (κ1) is 11.5. The Labute approximate surface area is 89.3 Å². The van der Waals surface area contributed by atoms with E-state index in [-0.39, 0.29) is 11.7 Å². The smallest absolute Gasteiger partial charge is 0.234 e. The van der Waals surface area contributed by atoms with Crippen LogP contribution in [0.5, 0.6) is 5.75 Å². The third-order valence-electron chi connectivity index (χ3n) is 1.96. The fourth-order valence-corrected chi connectivity index (χ4v) is 1.12. The normalized spacial score (nSPS) is 9.93. The molecule has 0 atom stereocenters. The van der Waals surface area contributed by atoms with Gasteiger partial charge >= 0.3 is 0 Å². The number of hydrogen-bond donors (Lipinski definition) is 3. The van der Waals surface area contributed by atoms with E-state index in [0.29, 0.717) is 13.1 Å². The van der Waals surface area contributed by atoms with Crippen molar-refractivity contribution in [2.45, 2.75) is 13.5 Å². The first-order valence-electron chi connectivity index (χ1n) is 4.97. The van der Waals surface area contributed by atoms with Crippen molar-refractivity contribution in [2.75, 3.05) is 13.1 Å². The van der Waals surface area contributed by atoms with Crippen molar-refractivity contribution in [2.24, 2.45) is 0 Å². The number of rotatable bonds is 5. The lowest BCUT2D eigenvalue weighted by Crippen LogP contribution is -2.33. The molecule has 15 heavy (non-hydrogen) atoms. The topological polar surface area (TPSA) is 61.4 Å². The van der Waals surface area contributed by atoms with Crippen molar-refractivity contribution in [3.63, 3.8) is 0 Å². The first-order valence-corrected chi connectivity index (χ1v) is 4.97. The van der Waals surface area contributed by atoms with Crippen molar-refractivity contribution in [1.29, 1.82) is 0 Å². The molecule has 1 aromatic rings. The van der Waals surface area contributed by atoms with E-state index in [9.17, 15) is 4.79 Å². The van der Waals surface area contributed by atoms with Crippen molar-refractivity contribution in [3.05, 3.63) is 29.8 Å². The van der Waals surface area contributed by atoms with Crippen molar-refractivity contribution >= 4 is 5.91 Å². The molecule has 0 fully saturated rings. The molecule has 0 heterocycles. The minimum atomic E-state index is -0.0232. The highest BCUT2D eigenvalue weighted by molar-refractivity contribution is 5.77. The van der Waals surface area contributed by atoms with Gasteiger partial charge < -0.3 is 15.7 Å². The van der Waals surface area contributed by atoms with Gasteiger partial charge in [0.2, 0.25) is 5.91 Å². The Morgan fingerprint density at radius 3 is 2.60 bits per heavy atom. The van der Waals surface area contributed by atoms with E-state index >= 15 is 0 Å². The number of benzene rings is 1. The van der Waals surface area contributed by atoms with Crippen LogP contribution < -0.4 is 10.6 Å². The molecule has 82 valence electrons. The van der Waals surface area contributed by atoms with E-state index < -0.39 is 0 Å². The summed E-state index contributed by atoms with van der Waals surface area (Å²) in [5, 5.41) is 14.8. The summed E-state index contributed by atoms with van der Waals surface area (Å²) in [6, 6.07) is 6.77. The van der Waals surface area contributed by atoms with E-state index in [1.807, 2.05) is 6.92 Å². The molecular weight excluding hydrogens is 192 g/mol. The molecule has 0 spiro atoms. The second kappa shape index (κ2) is 6.03. The largest absolute Gasteiger partial charge is 0.508 e. The lowest BCUT2D eigenvalue weighted by molar-refractivity contribution is -0.120. The zero-order valence-electron chi connectivity index (χ0n) is 8.79. The molecule has 0 aliphatic carbocycles. The van der Waals surface area contributed by atoms with Crippen molar-refractivity contribution in [3.8, 4) is 5.75 Å². The highest BCUT2D eigenvalue weighted by Crippen LogP contribution is 2.08. The van der Waals surface area contributed by atoms with Crippen LogP contribution in [-0.2, 0) is 11.3 Å². The second-order valence-electron chi connectivity index (χ2n) is 3.22. The number of hydrogen-bond acceptors (Lipinski definition) is 3. The molecule has 0 aliphatic rings. The highest BCUT2D eigenvalue weighted by Gasteiger charge is 1.99. The Morgan fingerprint density at radius 2 is 2.00 bits per heavy atom. The number of carbonyl (C=O) groups is 1. The van der Waals surface area contributed by atoms with E-state index in [0.717, 1.165) is 12.1 Å². The van der Waals surface area contributed by atoms with Crippen molar-refractivity contribution in [1.82, 2.24) is 10.6 Å². The summed E-state index contributed by atoms with van der Waals surface area (Å²) in [5.74, 6) is 0.211. The van der Waals surface area contributed by atoms with Gasteiger partial charge in [-0.2, -0.15) is 0 Å². The number of nitrogens with one attached hydrogen (secondary N) is 2. The Balaban J connectivity index is 2.30. The lowest BCUT2D eigenvalue weighted by atomic mass is 10.2. The van der Waals surface area contributed by atoms with Crippen LogP contribution in [0.25, 0.3) is 0 Å². The Bertz CT molecular complexity index is 309. The summed E-state index contributed by atoms with van der Waals surface area (Å²) in [7, 11) is 0. The van der Waals surface area contributed by atoms with E-state index in [1.54, 1.807) is 24.3 Å². The molecule has 4 heteroatoms. The first-order chi connectivity index (χ1) is 7.22. The third kappa shape index (κ3) is 4.46. The Kier molecular flexibility index (Phi) is 4.63. The molecule has 0 bridgehead atoms. The van der Waals surface area contributed by atoms with Gasteiger partial charge in [0.25, 0.3) is 0 Å². The quantitative estimate of drug-likeness (QED) is 0.664. The maximum Gasteiger partial charge on any atom is 0.234 e. The van der Waals surface area contributed by atoms with Gasteiger partial charge in [0, 0.05) is 6.54 Å². The summed E-state index contributed by atoms with van der Waals surface area (Å²) in [4.78, 5) is 11.2. The molecular formula is C11H16N2O2. The van der Waals surface area contributed by atoms with Crippen molar-refractivity contribution < 1.29 is 9.90 Å². The van der Waals surface area contributed by atoms with E-state index in [4.69, 9.17) is 5.11 Å². The molecule has 1 rings (SSSR count). The van der Waals surface area contributed by atoms with Gasteiger partial charge in [-0.1, -0.05) is 19.1 Å². The summed E-state index contributed by atoms with van der Waals surface area (Å²) < 4.78 is 0. The molecule has 0 radical (unpaired) electrons. The predicted molar refractivity (Wildman–Crippen MR) is 58.5 cm³/mol. The minimum absolute atomic E-state index is 0.0232. The van der Waals surface area contributed by atoms with Crippen LogP contribution in [0.2, 0.25) is 0 Å². The zero-order chi connectivity index (χ0) is 11.1. The average Bonchev–Trinajstić information content (AvgIpc) is 2.25. The molecule has 0 aliphatic heterocycles. The van der Waals surface area contributed by atoms with Gasteiger partial charge in [0.15, 0.2) is 0 Å². The fourth-order valence-electron chi connectivity index (χ4n) is 1.12. The maximum absolute atomic E-state index is 11.2. The Hall–Kier alpha value is -1.55. The minimum Gasteiger partial charge on any atom is -0.508 e. The molecule has 1 aromatic carbocycles. The average molecular weight is 208 g/mol. The van der Waals surface area contributed by atoms with Gasteiger partial charge in [0.05, 0.1) is 6.54 Å². The van der Waals surface area contributed by atoms with Gasteiger partial charge in [-0.05, 0) is 24.2 Å². The SMILES string of the molecule is CCNCC(=O)NCc1ccc(O)cc1. The van der Waals surface area contributed by atoms with E-state index in [2.05, 4.69) is 10.6 Å². The van der Waals surface area contributed by atoms with Crippen LogP contribution in [0.4, 0.5) is 0 Å². The van der Waals surface area contributed by atoms with Crippen LogP contribution in [0, 0.1) is 0 Å². The molecule has 1 amide bonds. The van der Waals surface area contributed by atoms with Gasteiger partial charge in [-0.3, -0.25) is 4.79 Å². The summed E-state index contributed by atoms with van der Waals surface area (Å²) in [6.07, 6.45) is 0. The standard InChI is InChI=1S/C11H16N2O2/c1-2-12-8-11(15)13-7-9-3-5-10(14)6-4-9/h3-6,12,14H,2,7-8H2,1H3,(H,13,15). The summed E-state index contributed by atoms with van der Waals surface area (Å²) in [5.41, 5.74) is 0.970. The maximum atomic E-state index is 11.2. The molecule has 3 N–H and O–H groups in total. The number of carbonyl (C=O) groups excluding carboxylic acids is 1. The summed E-state index contributed by atoms with van der Waals surface area (Å²) >= 11 is 0. The highest BCUT2D eigenvalue weighted by atomic mass is 16.3. The number of phenolic OH excluding ortho intramolecular Hbond substituents is 1. The monoisotopic (exact) mass is 208 g/mol. The van der Waals surface area contributed by atoms with Gasteiger partial charge in [-0.25, -0.2) is 0 Å². The van der Waals surface area contributed by atoms with Crippen LogP contribution in [0.1, 0.15) is 12.5 Å². The number of likely N-dealkylation sites (N-methyl/N-ethyl adjacent to an activating group) is 1. The predicted octanol–water partition coefficient (Wildman–Crippen LogP) is 0.618. The number of phenols is 1. The molecule has 0 aromatic heterocycles. The number of amides is 1. The third-order valence-corrected chi connectivity index (χ3v) is 1.96. The van der Waals surface area contributed by atoms with E-state index in [1.165, 1.54) is 0 Å². The molecule has 4 nitrogen and oxygen atoms in total. The van der Waals surface area contributed by atoms with Crippen LogP contribution in [0.3, 0.4) is 0 Å². The second-order valence-corrected chi connectivity index (χ2v) is 3.22. The molecule has 0 unspecified atom stereocenters. The zero-order valence-corrected chi connectivity index (χ0v) is 8.79. The number of aromatic hydroxyl groups is 1. The fraction of sp³-hybridized carbons (Fsp3) is 0.364.